The van der Waals surface area contributed by atoms with E-state index in [4.69, 9.17) is 5.11 Å². The number of thiazole rings is 1. The minimum absolute atomic E-state index is 0.0548. The number of carboxylic acids is 1. The van der Waals surface area contributed by atoms with Gasteiger partial charge in [-0.2, -0.15) is 0 Å². The summed E-state index contributed by atoms with van der Waals surface area (Å²) in [6.07, 6.45) is 1.28. The van der Waals surface area contributed by atoms with Crippen LogP contribution in [0, 0.1) is 6.92 Å². The molecule has 112 valence electrons. The van der Waals surface area contributed by atoms with Crippen LogP contribution in [0.15, 0.2) is 27.3 Å². The zero-order valence-electron chi connectivity index (χ0n) is 10.8. The monoisotopic (exact) mass is 329 g/mol. The number of aromatic carboxylic acids is 1. The van der Waals surface area contributed by atoms with Crippen molar-refractivity contribution in [3.63, 3.8) is 0 Å². The molecule has 0 atom stereocenters. The second kappa shape index (κ2) is 5.76. The number of hydrogen-bond acceptors (Lipinski definition) is 6. The third-order valence-electron chi connectivity index (χ3n) is 2.54. The summed E-state index contributed by atoms with van der Waals surface area (Å²) in [6.45, 7) is 1.44. The second-order valence-electron chi connectivity index (χ2n) is 4.11. The van der Waals surface area contributed by atoms with Gasteiger partial charge >= 0.3 is 10.8 Å². The van der Waals surface area contributed by atoms with Crippen LogP contribution < -0.4 is 9.60 Å². The fourth-order valence-electron chi connectivity index (χ4n) is 1.55. The van der Waals surface area contributed by atoms with Crippen LogP contribution in [-0.2, 0) is 16.6 Å². The van der Waals surface area contributed by atoms with Crippen LogP contribution in [0.2, 0.25) is 0 Å². The summed E-state index contributed by atoms with van der Waals surface area (Å²) in [5.41, 5.74) is 0.655. The summed E-state index contributed by atoms with van der Waals surface area (Å²) < 4.78 is 26.3. The highest BCUT2D eigenvalue weighted by Crippen LogP contribution is 2.15. The number of pyridine rings is 1. The van der Waals surface area contributed by atoms with Crippen LogP contribution in [0.1, 0.15) is 21.7 Å². The molecule has 2 heterocycles. The van der Waals surface area contributed by atoms with Gasteiger partial charge in [0.1, 0.15) is 5.69 Å². The van der Waals surface area contributed by atoms with Crippen LogP contribution in [0.25, 0.3) is 0 Å². The van der Waals surface area contributed by atoms with E-state index in [0.29, 0.717) is 16.9 Å². The summed E-state index contributed by atoms with van der Waals surface area (Å²) in [4.78, 5) is 27.4. The van der Waals surface area contributed by atoms with Crippen LogP contribution in [0.4, 0.5) is 0 Å². The van der Waals surface area contributed by atoms with Gasteiger partial charge in [0.05, 0.1) is 0 Å². The molecule has 21 heavy (non-hydrogen) atoms. The summed E-state index contributed by atoms with van der Waals surface area (Å²) >= 11 is 0.608. The zero-order chi connectivity index (χ0) is 15.6. The van der Waals surface area contributed by atoms with Gasteiger partial charge in [-0.15, -0.1) is 0 Å². The fourth-order valence-corrected chi connectivity index (χ4v) is 3.91. The van der Waals surface area contributed by atoms with Gasteiger partial charge in [-0.05, 0) is 18.6 Å². The average molecular weight is 329 g/mol. The Hall–Kier alpha value is -2.04. The van der Waals surface area contributed by atoms with Crippen molar-refractivity contribution in [3.05, 3.63) is 44.9 Å². The average Bonchev–Trinajstić information content (AvgIpc) is 2.77. The number of sulfonamides is 1. The molecule has 0 aliphatic heterocycles. The lowest BCUT2D eigenvalue weighted by atomic mass is 10.2. The Kier molecular flexibility index (Phi) is 4.21. The maximum atomic E-state index is 12.0. The standard InChI is InChI=1S/C11H11N3O5S2/c1-6-10(20-11(17)14-6)21(18,19)13-5-7-2-3-8(9(15)16)12-4-7/h2-4,13H,5H2,1H3,(H,14,17)(H,15,16). The molecule has 10 heteroatoms. The van der Waals surface area contributed by atoms with E-state index in [2.05, 4.69) is 14.7 Å². The second-order valence-corrected chi connectivity index (χ2v) is 7.05. The highest BCUT2D eigenvalue weighted by molar-refractivity contribution is 7.91. The van der Waals surface area contributed by atoms with Crippen LogP contribution in [-0.4, -0.2) is 29.5 Å². The minimum atomic E-state index is -3.80. The Bertz CT molecular complexity index is 820. The van der Waals surface area contributed by atoms with E-state index in [9.17, 15) is 18.0 Å². The van der Waals surface area contributed by atoms with Gasteiger partial charge in [-0.1, -0.05) is 17.4 Å². The first-order valence-electron chi connectivity index (χ1n) is 5.67. The quantitative estimate of drug-likeness (QED) is 0.724. The Morgan fingerprint density at radius 3 is 2.67 bits per heavy atom. The number of nitrogens with one attached hydrogen (secondary N) is 2. The van der Waals surface area contributed by atoms with Crippen molar-refractivity contribution < 1.29 is 18.3 Å². The topological polar surface area (TPSA) is 129 Å². The van der Waals surface area contributed by atoms with Crippen molar-refractivity contribution in [2.24, 2.45) is 0 Å². The third-order valence-corrected chi connectivity index (χ3v) is 5.54. The van der Waals surface area contributed by atoms with Crippen molar-refractivity contribution >= 4 is 27.3 Å². The lowest BCUT2D eigenvalue weighted by Crippen LogP contribution is -2.23. The maximum Gasteiger partial charge on any atom is 0.354 e. The molecule has 0 unspecified atom stereocenters. The summed E-state index contributed by atoms with van der Waals surface area (Å²) in [5.74, 6) is -1.16. The lowest BCUT2D eigenvalue weighted by molar-refractivity contribution is 0.0690. The summed E-state index contributed by atoms with van der Waals surface area (Å²) in [7, 11) is -3.80. The Balaban J connectivity index is 2.13. The molecule has 0 aliphatic carbocycles. The zero-order valence-corrected chi connectivity index (χ0v) is 12.4. The number of hydrogen-bond donors (Lipinski definition) is 3. The van der Waals surface area contributed by atoms with E-state index in [1.807, 2.05) is 0 Å². The molecule has 2 aromatic heterocycles. The Labute approximate surface area is 123 Å². The Morgan fingerprint density at radius 1 is 1.48 bits per heavy atom. The Morgan fingerprint density at radius 2 is 2.19 bits per heavy atom. The van der Waals surface area contributed by atoms with E-state index >= 15 is 0 Å². The van der Waals surface area contributed by atoms with Gasteiger partial charge in [0.25, 0.3) is 10.0 Å². The number of rotatable bonds is 5. The summed E-state index contributed by atoms with van der Waals surface area (Å²) in [6, 6.07) is 2.75. The van der Waals surface area contributed by atoms with Crippen molar-refractivity contribution in [2.45, 2.75) is 17.7 Å². The number of carbonyl (C=O) groups is 1. The third kappa shape index (κ3) is 3.54. The van der Waals surface area contributed by atoms with Gasteiger partial charge in [0.2, 0.25) is 0 Å². The molecule has 0 spiro atoms. The van der Waals surface area contributed by atoms with Crippen LogP contribution in [0.5, 0.6) is 0 Å². The molecule has 0 aromatic carbocycles. The van der Waals surface area contributed by atoms with Crippen molar-refractivity contribution in [3.8, 4) is 0 Å². The van der Waals surface area contributed by atoms with Crippen molar-refractivity contribution in [1.29, 1.82) is 0 Å². The first-order valence-corrected chi connectivity index (χ1v) is 7.97. The predicted octanol–water partition coefficient (Wildman–Crippen LogP) is 0.317. The molecular weight excluding hydrogens is 318 g/mol. The normalized spacial score (nSPS) is 11.5. The molecule has 0 radical (unpaired) electrons. The largest absolute Gasteiger partial charge is 0.477 e. The maximum absolute atomic E-state index is 12.0. The summed E-state index contributed by atoms with van der Waals surface area (Å²) in [5, 5.41) is 8.71. The highest BCUT2D eigenvalue weighted by atomic mass is 32.2. The molecule has 0 bridgehead atoms. The molecule has 3 N–H and O–H groups in total. The highest BCUT2D eigenvalue weighted by Gasteiger charge is 2.20. The number of carboxylic acid groups (broad SMARTS) is 1. The van der Waals surface area contributed by atoms with E-state index < -0.39 is 20.9 Å². The molecule has 0 saturated heterocycles. The first kappa shape index (κ1) is 15.4. The molecule has 0 aliphatic rings. The van der Waals surface area contributed by atoms with Crippen LogP contribution in [0.3, 0.4) is 0 Å². The van der Waals surface area contributed by atoms with Gasteiger partial charge < -0.3 is 10.1 Å². The molecular formula is C11H11N3O5S2. The number of aryl methyl sites for hydroxylation is 1. The van der Waals surface area contributed by atoms with Gasteiger partial charge in [-0.3, -0.25) is 4.79 Å². The number of aromatic nitrogens is 2. The van der Waals surface area contributed by atoms with Gasteiger partial charge in [0, 0.05) is 18.4 Å². The van der Waals surface area contributed by atoms with Gasteiger partial charge in [-0.25, -0.2) is 22.9 Å². The molecule has 0 amide bonds. The van der Waals surface area contributed by atoms with E-state index in [1.54, 1.807) is 0 Å². The number of aromatic amines is 1. The van der Waals surface area contributed by atoms with Crippen molar-refractivity contribution in [2.75, 3.05) is 0 Å². The first-order chi connectivity index (χ1) is 9.79. The molecule has 2 rings (SSSR count). The van der Waals surface area contributed by atoms with E-state index in [0.717, 1.165) is 0 Å². The van der Waals surface area contributed by atoms with E-state index in [1.165, 1.54) is 25.3 Å². The molecule has 0 saturated carbocycles. The SMILES string of the molecule is Cc1[nH]c(=O)sc1S(=O)(=O)NCc1ccc(C(=O)O)nc1. The van der Waals surface area contributed by atoms with E-state index in [-0.39, 0.29) is 22.1 Å². The molecule has 0 fully saturated rings. The fraction of sp³-hybridized carbons (Fsp3) is 0.182. The molecule has 8 nitrogen and oxygen atoms in total. The lowest BCUT2D eigenvalue weighted by Gasteiger charge is -2.05. The molecule has 2 aromatic rings. The smallest absolute Gasteiger partial charge is 0.354 e. The van der Waals surface area contributed by atoms with Gasteiger partial charge in [0.15, 0.2) is 4.21 Å². The number of nitrogens with zero attached hydrogens (tertiary/aromatic N) is 1. The minimum Gasteiger partial charge on any atom is -0.477 e. The number of H-pyrrole nitrogens is 1. The van der Waals surface area contributed by atoms with Crippen molar-refractivity contribution in [1.82, 2.24) is 14.7 Å². The predicted molar refractivity (Wildman–Crippen MR) is 74.9 cm³/mol. The van der Waals surface area contributed by atoms with Crippen LogP contribution >= 0.6 is 11.3 Å².